The summed E-state index contributed by atoms with van der Waals surface area (Å²) in [5.74, 6) is 0.0935. The Balaban J connectivity index is 2.81. The molecule has 0 spiro atoms. The lowest BCUT2D eigenvalue weighted by atomic mass is 10.1. The molecule has 16 heavy (non-hydrogen) atoms. The van der Waals surface area contributed by atoms with Crippen molar-refractivity contribution < 1.29 is 9.50 Å². The molecule has 4 heteroatoms. The van der Waals surface area contributed by atoms with E-state index in [-0.39, 0.29) is 12.4 Å². The molecule has 0 radical (unpaired) electrons. The Kier molecular flexibility index (Phi) is 5.19. The van der Waals surface area contributed by atoms with Crippen molar-refractivity contribution in [3.05, 3.63) is 34.6 Å². The van der Waals surface area contributed by atoms with Crippen LogP contribution in [0.15, 0.2) is 18.2 Å². The second-order valence-electron chi connectivity index (χ2n) is 4.20. The highest BCUT2D eigenvalue weighted by Gasteiger charge is 2.15. The van der Waals surface area contributed by atoms with Crippen LogP contribution in [-0.4, -0.2) is 18.3 Å². The summed E-state index contributed by atoms with van der Waals surface area (Å²) >= 11 is 5.80. The Morgan fingerprint density at radius 1 is 1.44 bits per heavy atom. The fourth-order valence-electron chi connectivity index (χ4n) is 1.43. The average molecular weight is 246 g/mol. The number of hydrogen-bond acceptors (Lipinski definition) is 2. The van der Waals surface area contributed by atoms with Gasteiger partial charge in [0, 0.05) is 10.6 Å². The topological polar surface area (TPSA) is 32.3 Å². The van der Waals surface area contributed by atoms with Crippen LogP contribution < -0.4 is 5.32 Å². The van der Waals surface area contributed by atoms with Gasteiger partial charge in [0.2, 0.25) is 0 Å². The summed E-state index contributed by atoms with van der Waals surface area (Å²) in [6, 6.07) is 3.96. The minimum atomic E-state index is -0.402. The van der Waals surface area contributed by atoms with Crippen LogP contribution in [0.2, 0.25) is 5.02 Å². The quantitative estimate of drug-likeness (QED) is 0.836. The van der Waals surface area contributed by atoms with Crippen LogP contribution in [0.1, 0.15) is 25.5 Å². The zero-order valence-corrected chi connectivity index (χ0v) is 10.3. The molecule has 1 rings (SSSR count). The maximum Gasteiger partial charge on any atom is 0.128 e. The number of hydrogen-bond donors (Lipinski definition) is 2. The molecular weight excluding hydrogens is 229 g/mol. The van der Waals surface area contributed by atoms with Gasteiger partial charge < -0.3 is 10.4 Å². The van der Waals surface area contributed by atoms with Crippen molar-refractivity contribution >= 4 is 11.6 Å². The minimum absolute atomic E-state index is 0.149. The summed E-state index contributed by atoms with van der Waals surface area (Å²) in [4.78, 5) is 0. The summed E-state index contributed by atoms with van der Waals surface area (Å²) in [5, 5.41) is 12.8. The van der Waals surface area contributed by atoms with E-state index in [1.165, 1.54) is 12.1 Å². The third kappa shape index (κ3) is 3.74. The van der Waals surface area contributed by atoms with Crippen molar-refractivity contribution in [1.29, 1.82) is 0 Å². The number of rotatable bonds is 5. The second kappa shape index (κ2) is 6.18. The molecule has 0 aliphatic heterocycles. The molecule has 2 N–H and O–H groups in total. The molecule has 90 valence electrons. The molecule has 0 heterocycles. The summed E-state index contributed by atoms with van der Waals surface area (Å²) in [7, 11) is 0. The van der Waals surface area contributed by atoms with E-state index in [0.717, 1.165) is 6.54 Å². The first-order chi connectivity index (χ1) is 7.54. The molecule has 1 unspecified atom stereocenters. The van der Waals surface area contributed by atoms with Crippen molar-refractivity contribution in [2.45, 2.75) is 19.9 Å². The first-order valence-electron chi connectivity index (χ1n) is 5.33. The van der Waals surface area contributed by atoms with Gasteiger partial charge >= 0.3 is 0 Å². The first-order valence-corrected chi connectivity index (χ1v) is 5.71. The number of benzene rings is 1. The fourth-order valence-corrected chi connectivity index (χ4v) is 1.61. The van der Waals surface area contributed by atoms with Gasteiger partial charge in [-0.3, -0.25) is 0 Å². The van der Waals surface area contributed by atoms with Gasteiger partial charge in [-0.2, -0.15) is 0 Å². The third-order valence-electron chi connectivity index (χ3n) is 2.29. The number of nitrogens with one attached hydrogen (secondary N) is 1. The van der Waals surface area contributed by atoms with E-state index in [1.54, 1.807) is 6.07 Å². The second-order valence-corrected chi connectivity index (χ2v) is 4.64. The Bertz CT molecular complexity index is 344. The molecule has 0 aromatic heterocycles. The highest BCUT2D eigenvalue weighted by atomic mass is 35.5. The molecule has 1 aromatic rings. The molecule has 0 amide bonds. The van der Waals surface area contributed by atoms with E-state index in [4.69, 9.17) is 11.6 Å². The van der Waals surface area contributed by atoms with Crippen molar-refractivity contribution in [2.24, 2.45) is 5.92 Å². The normalized spacial score (nSPS) is 13.1. The van der Waals surface area contributed by atoms with E-state index in [1.807, 2.05) is 0 Å². The van der Waals surface area contributed by atoms with E-state index in [0.29, 0.717) is 16.5 Å². The SMILES string of the molecule is CC(C)CNC(CO)c1cc(Cl)ccc1F. The molecule has 0 aliphatic carbocycles. The third-order valence-corrected chi connectivity index (χ3v) is 2.52. The van der Waals surface area contributed by atoms with E-state index in [2.05, 4.69) is 19.2 Å². The van der Waals surface area contributed by atoms with Gasteiger partial charge in [-0.25, -0.2) is 4.39 Å². The van der Waals surface area contributed by atoms with Crippen molar-refractivity contribution in [2.75, 3.05) is 13.2 Å². The van der Waals surface area contributed by atoms with Crippen molar-refractivity contribution in [1.82, 2.24) is 5.32 Å². The Labute approximate surface area is 100 Å². The summed E-state index contributed by atoms with van der Waals surface area (Å²) in [6.07, 6.45) is 0. The van der Waals surface area contributed by atoms with Gasteiger partial charge in [0.05, 0.1) is 12.6 Å². The monoisotopic (exact) mass is 245 g/mol. The fraction of sp³-hybridized carbons (Fsp3) is 0.500. The standard InChI is InChI=1S/C12H17ClFNO/c1-8(2)6-15-12(7-16)10-5-9(13)3-4-11(10)14/h3-5,8,12,15-16H,6-7H2,1-2H3. The van der Waals surface area contributed by atoms with Crippen LogP contribution in [0, 0.1) is 11.7 Å². The maximum atomic E-state index is 13.5. The number of aliphatic hydroxyl groups is 1. The largest absolute Gasteiger partial charge is 0.394 e. The van der Waals surface area contributed by atoms with E-state index in [9.17, 15) is 9.50 Å². The Morgan fingerprint density at radius 3 is 2.69 bits per heavy atom. The van der Waals surface area contributed by atoms with Crippen LogP contribution in [-0.2, 0) is 0 Å². The number of halogens is 2. The van der Waals surface area contributed by atoms with Crippen LogP contribution >= 0.6 is 11.6 Å². The van der Waals surface area contributed by atoms with E-state index >= 15 is 0 Å². The van der Waals surface area contributed by atoms with Crippen molar-refractivity contribution in [3.8, 4) is 0 Å². The smallest absolute Gasteiger partial charge is 0.128 e. The predicted molar refractivity (Wildman–Crippen MR) is 64.1 cm³/mol. The predicted octanol–water partition coefficient (Wildman–Crippen LogP) is 2.76. The molecule has 1 aromatic carbocycles. The van der Waals surface area contributed by atoms with Gasteiger partial charge in [-0.15, -0.1) is 0 Å². The molecule has 0 saturated heterocycles. The molecule has 1 atom stereocenters. The lowest BCUT2D eigenvalue weighted by molar-refractivity contribution is 0.238. The zero-order valence-electron chi connectivity index (χ0n) is 9.50. The van der Waals surface area contributed by atoms with Crippen LogP contribution in [0.3, 0.4) is 0 Å². The van der Waals surface area contributed by atoms with Gasteiger partial charge in [-0.05, 0) is 30.7 Å². The summed E-state index contributed by atoms with van der Waals surface area (Å²) < 4.78 is 13.5. The van der Waals surface area contributed by atoms with E-state index < -0.39 is 6.04 Å². The molecule has 0 fully saturated rings. The Morgan fingerprint density at radius 2 is 2.12 bits per heavy atom. The lowest BCUT2D eigenvalue weighted by Gasteiger charge is -2.19. The van der Waals surface area contributed by atoms with Gasteiger partial charge in [0.25, 0.3) is 0 Å². The molecule has 0 saturated carbocycles. The molecule has 2 nitrogen and oxygen atoms in total. The zero-order chi connectivity index (χ0) is 12.1. The highest BCUT2D eigenvalue weighted by molar-refractivity contribution is 6.30. The van der Waals surface area contributed by atoms with Gasteiger partial charge in [0.1, 0.15) is 5.82 Å². The van der Waals surface area contributed by atoms with Gasteiger partial charge in [0.15, 0.2) is 0 Å². The highest BCUT2D eigenvalue weighted by Crippen LogP contribution is 2.21. The molecule has 0 bridgehead atoms. The maximum absolute atomic E-state index is 13.5. The van der Waals surface area contributed by atoms with Gasteiger partial charge in [-0.1, -0.05) is 25.4 Å². The van der Waals surface area contributed by atoms with Crippen LogP contribution in [0.5, 0.6) is 0 Å². The average Bonchev–Trinajstić information content (AvgIpc) is 2.23. The number of aliphatic hydroxyl groups excluding tert-OH is 1. The first kappa shape index (κ1) is 13.4. The summed E-state index contributed by atoms with van der Waals surface area (Å²) in [6.45, 7) is 4.67. The van der Waals surface area contributed by atoms with Crippen molar-refractivity contribution in [3.63, 3.8) is 0 Å². The lowest BCUT2D eigenvalue weighted by Crippen LogP contribution is -2.28. The van der Waals surface area contributed by atoms with Crippen LogP contribution in [0.25, 0.3) is 0 Å². The minimum Gasteiger partial charge on any atom is -0.394 e. The molecular formula is C12H17ClFNO. The summed E-state index contributed by atoms with van der Waals surface area (Å²) in [5.41, 5.74) is 0.413. The van der Waals surface area contributed by atoms with Crippen LogP contribution in [0.4, 0.5) is 4.39 Å². The molecule has 0 aliphatic rings. The Hall–Kier alpha value is -0.640.